The third kappa shape index (κ3) is 5.08. The van der Waals surface area contributed by atoms with Crippen molar-refractivity contribution in [1.82, 2.24) is 15.2 Å². The van der Waals surface area contributed by atoms with Crippen molar-refractivity contribution in [3.63, 3.8) is 0 Å². The van der Waals surface area contributed by atoms with Crippen LogP contribution in [0.2, 0.25) is 0 Å². The summed E-state index contributed by atoms with van der Waals surface area (Å²) in [6.45, 7) is 1.11. The van der Waals surface area contributed by atoms with Crippen LogP contribution < -0.4 is 16.0 Å². The highest BCUT2D eigenvalue weighted by Gasteiger charge is 2.51. The molecule has 0 bridgehead atoms. The number of carbonyl (C=O) groups excluding carboxylic acids is 3. The number of fused-ring (bicyclic) bond motifs is 3. The molecule has 2 atom stereocenters. The molecule has 1 saturated heterocycles. The van der Waals surface area contributed by atoms with Crippen molar-refractivity contribution in [1.29, 1.82) is 0 Å². The van der Waals surface area contributed by atoms with Crippen molar-refractivity contribution in [2.75, 3.05) is 50.3 Å². The lowest BCUT2D eigenvalue weighted by atomic mass is 9.79. The molecule has 2 unspecified atom stereocenters. The maximum absolute atomic E-state index is 13.3. The van der Waals surface area contributed by atoms with E-state index in [0.717, 1.165) is 22.3 Å². The number of rotatable bonds is 4. The molecule has 1 spiro atoms. The quantitative estimate of drug-likeness (QED) is 0.463. The van der Waals surface area contributed by atoms with Crippen molar-refractivity contribution in [2.45, 2.75) is 24.3 Å². The minimum atomic E-state index is -0.679. The molecule has 10 nitrogen and oxygen atoms in total. The van der Waals surface area contributed by atoms with E-state index in [2.05, 4.69) is 20.9 Å². The number of amides is 3. The number of nitrogens with zero attached hydrogens (tertiary/aromatic N) is 2. The molecule has 206 valence electrons. The van der Waals surface area contributed by atoms with Gasteiger partial charge in [0.25, 0.3) is 0 Å². The molecule has 3 N–H and O–H groups in total. The van der Waals surface area contributed by atoms with Crippen LogP contribution in [0.1, 0.15) is 28.3 Å². The third-order valence-corrected chi connectivity index (χ3v) is 7.80. The Bertz CT molecular complexity index is 1430. The van der Waals surface area contributed by atoms with Gasteiger partial charge in [-0.25, -0.2) is 4.98 Å². The predicted octanol–water partition coefficient (Wildman–Crippen LogP) is 2.17. The Morgan fingerprint density at radius 2 is 1.85 bits per heavy atom. The van der Waals surface area contributed by atoms with Gasteiger partial charge in [0.2, 0.25) is 17.7 Å². The molecule has 1 fully saturated rings. The largest absolute Gasteiger partial charge is 0.369 e. The van der Waals surface area contributed by atoms with E-state index in [4.69, 9.17) is 9.47 Å². The topological polar surface area (TPSA) is 122 Å². The lowest BCUT2D eigenvalue weighted by molar-refractivity contribution is -0.141. The zero-order chi connectivity index (χ0) is 27.5. The maximum atomic E-state index is 13.3. The molecule has 0 saturated carbocycles. The van der Waals surface area contributed by atoms with E-state index < -0.39 is 5.41 Å². The zero-order valence-electron chi connectivity index (χ0n) is 22.0. The van der Waals surface area contributed by atoms with Crippen LogP contribution in [0.5, 0.6) is 0 Å². The minimum absolute atomic E-state index is 0.0470. The number of hydrogen-bond donors (Lipinski definition) is 3. The summed E-state index contributed by atoms with van der Waals surface area (Å²) >= 11 is 0. The van der Waals surface area contributed by atoms with Crippen LogP contribution in [0.4, 0.5) is 11.5 Å². The summed E-state index contributed by atoms with van der Waals surface area (Å²) in [5.74, 6) is -0.0226. The molecule has 1 aliphatic carbocycles. The summed E-state index contributed by atoms with van der Waals surface area (Å²) in [7, 11) is 0. The van der Waals surface area contributed by atoms with Gasteiger partial charge < -0.3 is 25.0 Å². The Balaban J connectivity index is 1.20. The van der Waals surface area contributed by atoms with Gasteiger partial charge in [0.1, 0.15) is 19.0 Å². The van der Waals surface area contributed by atoms with Crippen LogP contribution >= 0.6 is 0 Å². The molecule has 3 aliphatic rings. The van der Waals surface area contributed by atoms with Crippen LogP contribution in [0.3, 0.4) is 0 Å². The number of aromatic nitrogens is 1. The van der Waals surface area contributed by atoms with Crippen LogP contribution in [-0.4, -0.2) is 67.2 Å². The van der Waals surface area contributed by atoms with Gasteiger partial charge in [-0.2, -0.15) is 0 Å². The second-order valence-electron chi connectivity index (χ2n) is 10.3. The maximum Gasteiger partial charge on any atom is 0.249 e. The van der Waals surface area contributed by atoms with Gasteiger partial charge in [0.15, 0.2) is 0 Å². The highest BCUT2D eigenvalue weighted by Crippen LogP contribution is 2.46. The van der Waals surface area contributed by atoms with Crippen molar-refractivity contribution < 1.29 is 23.9 Å². The van der Waals surface area contributed by atoms with E-state index in [1.165, 1.54) is 0 Å². The van der Waals surface area contributed by atoms with Crippen LogP contribution in [0, 0.1) is 0 Å². The van der Waals surface area contributed by atoms with Crippen LogP contribution in [0.25, 0.3) is 0 Å². The fourth-order valence-electron chi connectivity index (χ4n) is 5.86. The first-order valence-corrected chi connectivity index (χ1v) is 13.4. The van der Waals surface area contributed by atoms with Gasteiger partial charge in [0.05, 0.1) is 31.4 Å². The van der Waals surface area contributed by atoms with Gasteiger partial charge in [-0.1, -0.05) is 42.5 Å². The highest BCUT2D eigenvalue weighted by molar-refractivity contribution is 6.06. The first-order chi connectivity index (χ1) is 19.5. The summed E-state index contributed by atoms with van der Waals surface area (Å²) < 4.78 is 11.0. The van der Waals surface area contributed by atoms with E-state index in [0.29, 0.717) is 50.8 Å². The Labute approximate surface area is 232 Å². The Morgan fingerprint density at radius 3 is 2.73 bits per heavy atom. The summed E-state index contributed by atoms with van der Waals surface area (Å²) in [5.41, 5.74) is 3.84. The molecule has 2 aromatic carbocycles. The summed E-state index contributed by atoms with van der Waals surface area (Å²) in [5, 5.41) is 9.11. The fourth-order valence-corrected chi connectivity index (χ4v) is 5.86. The molecule has 10 heteroatoms. The average molecular weight is 542 g/mol. The molecule has 3 heterocycles. The standard InChI is InChI=1S/C30H31N5O5/c36-26(17-35-25(20-5-2-1-3-6-20)16-31-19-40-12-11-39-18-27(35)37)33-23-9-8-21-14-30(15-22(21)13-23)24-7-4-10-32-28(24)34-29(30)38/h1-10,13,25,31H,11-12,14-19H2,(H,33,36)(H,32,34,38). The van der Waals surface area contributed by atoms with Gasteiger partial charge in [-0.05, 0) is 47.7 Å². The van der Waals surface area contributed by atoms with Gasteiger partial charge in [0, 0.05) is 24.0 Å². The molecule has 3 amide bonds. The second-order valence-corrected chi connectivity index (χ2v) is 10.3. The molecular formula is C30H31N5O5. The SMILES string of the molecule is O=C(CN1C(=O)COCCOCNCC1c1ccccc1)Nc1ccc2c(c1)CC1(C2)C(=O)Nc2ncccc21. The summed E-state index contributed by atoms with van der Waals surface area (Å²) in [4.78, 5) is 45.5. The van der Waals surface area contributed by atoms with E-state index in [1.807, 2.05) is 60.7 Å². The smallest absolute Gasteiger partial charge is 0.249 e. The Hall–Kier alpha value is -4.12. The van der Waals surface area contributed by atoms with E-state index >= 15 is 0 Å². The number of pyridine rings is 1. The van der Waals surface area contributed by atoms with Gasteiger partial charge >= 0.3 is 0 Å². The van der Waals surface area contributed by atoms with Crippen LogP contribution in [-0.2, 0) is 42.1 Å². The first-order valence-electron chi connectivity index (χ1n) is 13.4. The second kappa shape index (κ2) is 11.2. The van der Waals surface area contributed by atoms with E-state index in [9.17, 15) is 14.4 Å². The van der Waals surface area contributed by atoms with Crippen molar-refractivity contribution >= 4 is 29.2 Å². The van der Waals surface area contributed by atoms with E-state index in [1.54, 1.807) is 11.1 Å². The number of carbonyl (C=O) groups is 3. The molecule has 3 aromatic rings. The van der Waals surface area contributed by atoms with Crippen molar-refractivity contribution in [2.24, 2.45) is 0 Å². The molecule has 40 heavy (non-hydrogen) atoms. The van der Waals surface area contributed by atoms with E-state index in [-0.39, 0.29) is 36.9 Å². The Morgan fingerprint density at radius 1 is 1.02 bits per heavy atom. The van der Waals surface area contributed by atoms with Crippen molar-refractivity contribution in [3.8, 4) is 0 Å². The number of benzene rings is 2. The molecule has 6 rings (SSSR count). The third-order valence-electron chi connectivity index (χ3n) is 7.80. The lowest BCUT2D eigenvalue weighted by Gasteiger charge is -2.32. The average Bonchev–Trinajstić information content (AvgIpc) is 3.47. The predicted molar refractivity (Wildman–Crippen MR) is 148 cm³/mol. The number of anilines is 2. The van der Waals surface area contributed by atoms with Crippen LogP contribution in [0.15, 0.2) is 66.9 Å². The van der Waals surface area contributed by atoms with Crippen molar-refractivity contribution in [3.05, 3.63) is 89.1 Å². The number of ether oxygens (including phenoxy) is 2. The minimum Gasteiger partial charge on any atom is -0.369 e. The highest BCUT2D eigenvalue weighted by atomic mass is 16.5. The van der Waals surface area contributed by atoms with Gasteiger partial charge in [-0.3, -0.25) is 19.7 Å². The fraction of sp³-hybridized carbons (Fsp3) is 0.333. The first kappa shape index (κ1) is 26.1. The summed E-state index contributed by atoms with van der Waals surface area (Å²) in [6.07, 6.45) is 2.79. The summed E-state index contributed by atoms with van der Waals surface area (Å²) in [6, 6.07) is 18.8. The molecular weight excluding hydrogens is 510 g/mol. The normalized spacial score (nSPS) is 22.8. The number of nitrogens with one attached hydrogen (secondary N) is 3. The monoisotopic (exact) mass is 541 g/mol. The molecule has 1 aromatic heterocycles. The molecule has 0 radical (unpaired) electrons. The zero-order valence-corrected chi connectivity index (χ0v) is 22.0. The Kier molecular flexibility index (Phi) is 7.29. The molecule has 2 aliphatic heterocycles. The lowest BCUT2D eigenvalue weighted by Crippen LogP contribution is -2.45. The number of hydrogen-bond acceptors (Lipinski definition) is 7. The van der Waals surface area contributed by atoms with Gasteiger partial charge in [-0.15, -0.1) is 0 Å².